The van der Waals surface area contributed by atoms with E-state index in [0.29, 0.717) is 50.3 Å². The SMILES string of the molecule is C=CCNCC(=O)N(CCOC)CC(=O)N(CC=C)CC(=O)N(CCOC)CC(=O)N(CC=C)CC(=O)NCC(=O)NC(CCCCN)C(=O)NC(CCSC)C(=O)NCCCCC(NC(=O)C(CCSC)NC(=O)C(CCCCN)NC(=O)CNC(=O)CN(CC=C)C(=O)CN(CCOC)C(=O)CN(CC=C)C(=O)CN(CCOC)C(=O)CNCC=C)C(N)=O. The average molecular weight is 1820 g/mol. The minimum Gasteiger partial charge on any atom is -0.383 e. The second kappa shape index (κ2) is 71.9. The first-order valence-corrected chi connectivity index (χ1v) is 44.4. The summed E-state index contributed by atoms with van der Waals surface area (Å²) in [5, 5.41) is 26.8. The van der Waals surface area contributed by atoms with Crippen LogP contribution in [-0.2, 0) is 100 Å². The van der Waals surface area contributed by atoms with E-state index in [-0.39, 0.29) is 156 Å². The van der Waals surface area contributed by atoms with Crippen LogP contribution >= 0.6 is 23.5 Å². The van der Waals surface area contributed by atoms with Crippen molar-refractivity contribution in [3.63, 3.8) is 0 Å². The molecular weight excluding hydrogens is 1680 g/mol. The predicted octanol–water partition coefficient (Wildman–Crippen LogP) is -5.31. The van der Waals surface area contributed by atoms with Crippen LogP contribution in [0.4, 0.5) is 0 Å². The van der Waals surface area contributed by atoms with Crippen molar-refractivity contribution in [2.45, 2.75) is 101 Å². The first-order valence-electron chi connectivity index (χ1n) is 41.6. The average Bonchev–Trinajstić information content (AvgIpc) is 0.874. The Bertz CT molecular complexity index is 3460. The topological polar surface area (TPSA) is 551 Å². The summed E-state index contributed by atoms with van der Waals surface area (Å²) in [4.78, 5) is 241. The highest BCUT2D eigenvalue weighted by Gasteiger charge is 2.34. The Kier molecular flexibility index (Phi) is 66.1. The predicted molar refractivity (Wildman–Crippen MR) is 481 cm³/mol. The van der Waals surface area contributed by atoms with Crippen molar-refractivity contribution in [3.05, 3.63) is 75.9 Å². The fraction of sp³-hybridized carbons (Fsp3) is 0.646. The van der Waals surface area contributed by atoms with E-state index in [1.165, 1.54) is 95.9 Å². The van der Waals surface area contributed by atoms with Crippen molar-refractivity contribution in [3.8, 4) is 0 Å². The third-order valence-electron chi connectivity index (χ3n) is 18.7. The molecule has 0 heterocycles. The summed E-state index contributed by atoms with van der Waals surface area (Å²) in [6.07, 6.45) is 14.7. The maximum Gasteiger partial charge on any atom is 0.243 e. The monoisotopic (exact) mass is 1820 g/mol. The third kappa shape index (κ3) is 51.4. The van der Waals surface area contributed by atoms with Crippen LogP contribution in [0.5, 0.6) is 0 Å². The number of carbonyl (C=O) groups excluding carboxylic acids is 17. The first-order chi connectivity index (χ1) is 60.4. The zero-order chi connectivity index (χ0) is 94.6. The lowest BCUT2D eigenvalue weighted by Gasteiger charge is -2.30. The fourth-order valence-corrected chi connectivity index (χ4v) is 12.7. The molecule has 0 spiro atoms. The number of nitrogens with zero attached hydrogens (tertiary/aromatic N) is 8. The molecule has 712 valence electrons. The van der Waals surface area contributed by atoms with Crippen LogP contribution in [0, 0.1) is 0 Å². The molecule has 0 saturated heterocycles. The summed E-state index contributed by atoms with van der Waals surface area (Å²) in [5.74, 6) is -10.9. The van der Waals surface area contributed by atoms with Crippen molar-refractivity contribution < 1.29 is 100 Å². The number of primary amides is 1. The van der Waals surface area contributed by atoms with E-state index in [9.17, 15) is 81.5 Å². The molecule has 0 radical (unpaired) electrons. The van der Waals surface area contributed by atoms with Gasteiger partial charge in [0.25, 0.3) is 0 Å². The normalized spacial score (nSPS) is 11.9. The van der Waals surface area contributed by atoms with Gasteiger partial charge in [-0.25, -0.2) is 0 Å². The zero-order valence-corrected chi connectivity index (χ0v) is 76.1. The lowest BCUT2D eigenvalue weighted by atomic mass is 10.1. The van der Waals surface area contributed by atoms with E-state index < -0.39 is 196 Å². The maximum absolute atomic E-state index is 14.1. The van der Waals surface area contributed by atoms with Crippen LogP contribution in [0.25, 0.3) is 0 Å². The van der Waals surface area contributed by atoms with Crippen LogP contribution < -0.4 is 70.4 Å². The Balaban J connectivity index is 6.17. The van der Waals surface area contributed by atoms with Gasteiger partial charge in [0, 0.05) is 100 Å². The number of hydrogen-bond donors (Lipinski definition) is 13. The molecule has 17 amide bonds. The number of hydrogen-bond acceptors (Lipinski definition) is 27. The summed E-state index contributed by atoms with van der Waals surface area (Å²) in [6, 6.07) is -6.07. The summed E-state index contributed by atoms with van der Waals surface area (Å²) in [5.41, 5.74) is 17.4. The molecule has 0 rings (SSSR count). The van der Waals surface area contributed by atoms with Gasteiger partial charge in [-0.05, 0) is 108 Å². The number of ether oxygens (including phenoxy) is 4. The summed E-state index contributed by atoms with van der Waals surface area (Å²) in [7, 11) is 5.66. The summed E-state index contributed by atoms with van der Waals surface area (Å²) in [6.45, 7) is 17.3. The van der Waals surface area contributed by atoms with Gasteiger partial charge in [0.2, 0.25) is 100 Å². The number of carbonyl (C=O) groups is 17. The van der Waals surface area contributed by atoms with Gasteiger partial charge < -0.3 is 129 Å². The minimum atomic E-state index is -1.26. The number of unbranched alkanes of at least 4 members (excludes halogenated alkanes) is 3. The van der Waals surface area contributed by atoms with Crippen LogP contribution in [0.1, 0.15) is 70.6 Å². The molecule has 42 nitrogen and oxygen atoms in total. The molecule has 5 atom stereocenters. The molecule has 0 aromatic heterocycles. The molecule has 16 N–H and O–H groups in total. The molecule has 5 unspecified atom stereocenters. The van der Waals surface area contributed by atoms with Gasteiger partial charge >= 0.3 is 0 Å². The minimum absolute atomic E-state index is 0.00891. The highest BCUT2D eigenvalue weighted by atomic mass is 32.2. The highest BCUT2D eigenvalue weighted by Crippen LogP contribution is 2.12. The Morgan fingerprint density at radius 1 is 0.325 bits per heavy atom. The second-order valence-electron chi connectivity index (χ2n) is 28.6. The Morgan fingerprint density at radius 3 is 0.921 bits per heavy atom. The van der Waals surface area contributed by atoms with Crippen LogP contribution in [0.15, 0.2) is 75.9 Å². The largest absolute Gasteiger partial charge is 0.383 e. The molecule has 0 aliphatic heterocycles. The van der Waals surface area contributed by atoms with Crippen molar-refractivity contribution in [2.24, 2.45) is 17.2 Å². The molecule has 0 saturated carbocycles. The van der Waals surface area contributed by atoms with Gasteiger partial charge in [-0.2, -0.15) is 23.5 Å². The Labute approximate surface area is 749 Å². The van der Waals surface area contributed by atoms with Crippen molar-refractivity contribution in [1.82, 2.24) is 92.4 Å². The van der Waals surface area contributed by atoms with Gasteiger partial charge in [-0.1, -0.05) is 36.5 Å². The standard InChI is InChI=1S/C82H141N21O21S2/c1-13-32-86-51-70(108)100(39-43-121-7)57-74(112)98(37-17-5)55-76(114)102(41-45-123-9)59-72(110)96(35-15-3)53-68(106)89-49-66(104)91-62(26-19-22-30-83)80(118)94-64(28-47-125-11)79(117)88-34-24-21-25-61(78(85)116)93-82(120)65(29-48-126-12)95-81(119)63(27-20-23-31-84)92-67(105)50-90-69(107)54-97(36-16-4)73(111)60-103(42-46-124-10)77(115)56-99(38-18-6)75(113)58-101(40-44-122-8)71(109)52-87-33-14-2/h13-18,61-65,86-87H,1-6,19-60,83-84H2,7-12H3,(H2,85,116)(H,88,117)(H,89,106)(H,90,107)(H,91,104)(H,92,105)(H,93,120)(H,94,118)(H,95,119). The van der Waals surface area contributed by atoms with E-state index in [1.807, 2.05) is 0 Å². The van der Waals surface area contributed by atoms with Gasteiger partial charge in [0.15, 0.2) is 0 Å². The van der Waals surface area contributed by atoms with Crippen molar-refractivity contribution >= 4 is 124 Å². The molecule has 0 bridgehead atoms. The molecule has 0 fully saturated rings. The molecule has 0 aliphatic rings. The molecule has 0 aromatic carbocycles. The van der Waals surface area contributed by atoms with Gasteiger partial charge in [0.1, 0.15) is 43.3 Å². The first kappa shape index (κ1) is 116. The number of methoxy groups -OCH3 is 4. The van der Waals surface area contributed by atoms with Crippen LogP contribution in [0.2, 0.25) is 0 Å². The second-order valence-corrected chi connectivity index (χ2v) is 30.6. The Morgan fingerprint density at radius 2 is 0.611 bits per heavy atom. The highest BCUT2D eigenvalue weighted by molar-refractivity contribution is 7.98. The van der Waals surface area contributed by atoms with Crippen LogP contribution in [-0.4, -0.2) is 412 Å². The van der Waals surface area contributed by atoms with E-state index >= 15 is 0 Å². The fourth-order valence-electron chi connectivity index (χ4n) is 11.7. The lowest BCUT2D eigenvalue weighted by molar-refractivity contribution is -0.146. The zero-order valence-electron chi connectivity index (χ0n) is 74.5. The van der Waals surface area contributed by atoms with E-state index in [0.717, 1.165) is 19.6 Å². The Hall–Kier alpha value is -10.2. The third-order valence-corrected chi connectivity index (χ3v) is 20.0. The summed E-state index contributed by atoms with van der Waals surface area (Å²) < 4.78 is 20.7. The number of thioether (sulfide) groups is 2. The lowest BCUT2D eigenvalue weighted by Crippen LogP contribution is -2.57. The van der Waals surface area contributed by atoms with Gasteiger partial charge in [-0.3, -0.25) is 81.5 Å². The molecular formula is C82H141N21O21S2. The van der Waals surface area contributed by atoms with Crippen molar-refractivity contribution in [2.75, 3.05) is 243 Å². The van der Waals surface area contributed by atoms with E-state index in [1.54, 1.807) is 24.7 Å². The maximum atomic E-state index is 14.1. The van der Waals surface area contributed by atoms with Gasteiger partial charge in [-0.15, -0.1) is 39.5 Å². The quantitative estimate of drug-likeness (QED) is 0.0200. The van der Waals surface area contributed by atoms with E-state index in [2.05, 4.69) is 92.6 Å². The number of rotatable bonds is 77. The number of nitrogens with one attached hydrogen (secondary N) is 10. The summed E-state index contributed by atoms with van der Waals surface area (Å²) >= 11 is 2.77. The van der Waals surface area contributed by atoms with Gasteiger partial charge in [0.05, 0.1) is 91.9 Å². The molecule has 44 heteroatoms. The molecule has 0 aliphatic carbocycles. The number of nitrogens with two attached hydrogens (primary N) is 3. The number of amides is 17. The molecule has 126 heavy (non-hydrogen) atoms. The van der Waals surface area contributed by atoms with E-state index in [4.69, 9.17) is 36.1 Å². The molecule has 0 aromatic rings. The van der Waals surface area contributed by atoms with Crippen LogP contribution in [0.3, 0.4) is 0 Å². The smallest absolute Gasteiger partial charge is 0.243 e. The van der Waals surface area contributed by atoms with Crippen molar-refractivity contribution in [1.29, 1.82) is 0 Å².